The molecular formula is C23H28N2O. The molecule has 3 heteroatoms. The number of rotatable bonds is 6. The van der Waals surface area contributed by atoms with Gasteiger partial charge < -0.3 is 4.79 Å². The molecule has 2 fully saturated rings. The van der Waals surface area contributed by atoms with E-state index in [1.54, 1.807) is 0 Å². The van der Waals surface area contributed by atoms with Crippen molar-refractivity contribution < 1.29 is 4.79 Å². The van der Waals surface area contributed by atoms with Crippen molar-refractivity contribution in [2.45, 2.75) is 49.7 Å². The van der Waals surface area contributed by atoms with Crippen LogP contribution in [0.1, 0.15) is 43.2 Å². The maximum absolute atomic E-state index is 11.8. The zero-order valence-corrected chi connectivity index (χ0v) is 15.4. The van der Waals surface area contributed by atoms with Crippen molar-refractivity contribution in [1.82, 2.24) is 10.2 Å². The van der Waals surface area contributed by atoms with Crippen molar-refractivity contribution >= 4 is 6.29 Å². The quantitative estimate of drug-likeness (QED) is 0.804. The van der Waals surface area contributed by atoms with Gasteiger partial charge >= 0.3 is 0 Å². The van der Waals surface area contributed by atoms with Crippen LogP contribution in [0, 0.1) is 0 Å². The number of hydrogen-bond acceptors (Lipinski definition) is 3. The largest absolute Gasteiger partial charge is 0.301 e. The van der Waals surface area contributed by atoms with Gasteiger partial charge in [0.1, 0.15) is 6.29 Å². The van der Waals surface area contributed by atoms with E-state index in [4.69, 9.17) is 0 Å². The summed E-state index contributed by atoms with van der Waals surface area (Å²) < 4.78 is 0. The molecule has 26 heavy (non-hydrogen) atoms. The van der Waals surface area contributed by atoms with Crippen molar-refractivity contribution in [2.24, 2.45) is 0 Å². The molecule has 1 saturated carbocycles. The van der Waals surface area contributed by atoms with Crippen molar-refractivity contribution in [3.8, 4) is 0 Å². The summed E-state index contributed by atoms with van der Waals surface area (Å²) in [4.78, 5) is 14.3. The van der Waals surface area contributed by atoms with Crippen molar-refractivity contribution in [2.75, 3.05) is 13.1 Å². The summed E-state index contributed by atoms with van der Waals surface area (Å²) in [6, 6.07) is 21.4. The van der Waals surface area contributed by atoms with E-state index in [-0.39, 0.29) is 11.1 Å². The average molecular weight is 348 g/mol. The molecule has 136 valence electrons. The molecule has 0 amide bonds. The Hall–Kier alpha value is -1.97. The van der Waals surface area contributed by atoms with Gasteiger partial charge in [-0.1, -0.05) is 60.7 Å². The van der Waals surface area contributed by atoms with E-state index in [9.17, 15) is 4.79 Å². The Bertz CT molecular complexity index is 716. The van der Waals surface area contributed by atoms with Crippen LogP contribution in [0.25, 0.3) is 0 Å². The molecule has 0 aromatic heterocycles. The molecule has 2 aromatic carbocycles. The number of piperidine rings is 1. The minimum atomic E-state index is -0.308. The molecule has 1 saturated heterocycles. The van der Waals surface area contributed by atoms with Gasteiger partial charge in [-0.15, -0.1) is 0 Å². The third kappa shape index (κ3) is 3.46. The number of benzene rings is 2. The molecular weight excluding hydrogens is 320 g/mol. The lowest BCUT2D eigenvalue weighted by molar-refractivity contribution is -0.118. The standard InChI is InChI=1S/C23H28N2O/c26-19-22(12-7-13-22)24-23(21-10-5-2-6-11-21)14-16-25(17-15-23)18-20-8-3-1-4-9-20/h1-6,8-11,19,24H,7,12-18H2. The van der Waals surface area contributed by atoms with E-state index in [2.05, 4.69) is 70.9 Å². The number of nitrogens with zero attached hydrogens (tertiary/aromatic N) is 1. The smallest absolute Gasteiger partial charge is 0.140 e. The zero-order chi connectivity index (χ0) is 17.9. The maximum Gasteiger partial charge on any atom is 0.140 e. The van der Waals surface area contributed by atoms with Crippen molar-refractivity contribution in [3.63, 3.8) is 0 Å². The maximum atomic E-state index is 11.8. The lowest BCUT2D eigenvalue weighted by Crippen LogP contribution is -2.63. The minimum absolute atomic E-state index is 0.0875. The predicted molar refractivity (Wildman–Crippen MR) is 105 cm³/mol. The number of carbonyl (C=O) groups excluding carboxylic acids is 1. The number of aldehydes is 1. The summed E-state index contributed by atoms with van der Waals surface area (Å²) in [7, 11) is 0. The van der Waals surface area contributed by atoms with E-state index in [1.165, 1.54) is 11.1 Å². The molecule has 0 bridgehead atoms. The summed E-state index contributed by atoms with van der Waals surface area (Å²) in [5.74, 6) is 0. The first-order valence-corrected chi connectivity index (χ1v) is 9.81. The van der Waals surface area contributed by atoms with Crippen LogP contribution in [-0.2, 0) is 16.9 Å². The Kier molecular flexibility index (Phi) is 4.92. The SMILES string of the molecule is O=CC1(NC2(c3ccccc3)CCN(Cc3ccccc3)CC2)CCC1. The molecule has 0 radical (unpaired) electrons. The van der Waals surface area contributed by atoms with E-state index in [1.807, 2.05) is 0 Å². The van der Waals surface area contributed by atoms with Crippen LogP contribution in [0.2, 0.25) is 0 Å². The number of hydrogen-bond donors (Lipinski definition) is 1. The highest BCUT2D eigenvalue weighted by atomic mass is 16.1. The summed E-state index contributed by atoms with van der Waals surface area (Å²) in [5, 5.41) is 3.84. The van der Waals surface area contributed by atoms with Gasteiger partial charge in [0.2, 0.25) is 0 Å². The fourth-order valence-electron chi connectivity index (χ4n) is 4.48. The fourth-order valence-corrected chi connectivity index (χ4v) is 4.48. The molecule has 1 heterocycles. The Morgan fingerprint density at radius 3 is 2.04 bits per heavy atom. The summed E-state index contributed by atoms with van der Waals surface area (Å²) in [6.07, 6.45) is 6.34. The second-order valence-electron chi connectivity index (χ2n) is 7.96. The number of carbonyl (C=O) groups is 1. The Morgan fingerprint density at radius 1 is 0.885 bits per heavy atom. The van der Waals surface area contributed by atoms with Gasteiger partial charge in [-0.2, -0.15) is 0 Å². The highest BCUT2D eigenvalue weighted by Crippen LogP contribution is 2.40. The van der Waals surface area contributed by atoms with Crippen LogP contribution < -0.4 is 5.32 Å². The lowest BCUT2D eigenvalue weighted by atomic mass is 9.72. The van der Waals surface area contributed by atoms with Gasteiger partial charge in [-0.25, -0.2) is 0 Å². The molecule has 4 rings (SSSR count). The van der Waals surface area contributed by atoms with Gasteiger partial charge in [0.25, 0.3) is 0 Å². The highest BCUT2D eigenvalue weighted by molar-refractivity contribution is 5.66. The van der Waals surface area contributed by atoms with E-state index in [0.717, 1.165) is 58.0 Å². The second kappa shape index (κ2) is 7.34. The monoisotopic (exact) mass is 348 g/mol. The molecule has 0 atom stereocenters. The van der Waals surface area contributed by atoms with Gasteiger partial charge in [-0.05, 0) is 43.2 Å². The van der Waals surface area contributed by atoms with Crippen molar-refractivity contribution in [1.29, 1.82) is 0 Å². The normalized spacial score (nSPS) is 21.7. The minimum Gasteiger partial charge on any atom is -0.301 e. The fraction of sp³-hybridized carbons (Fsp3) is 0.435. The first-order valence-electron chi connectivity index (χ1n) is 9.81. The second-order valence-corrected chi connectivity index (χ2v) is 7.96. The summed E-state index contributed by atoms with van der Waals surface area (Å²) in [5.41, 5.74) is 2.30. The lowest BCUT2D eigenvalue weighted by Gasteiger charge is -2.50. The molecule has 2 aromatic rings. The first-order chi connectivity index (χ1) is 12.7. The molecule has 1 N–H and O–H groups in total. The van der Waals surface area contributed by atoms with Crippen LogP contribution in [0.5, 0.6) is 0 Å². The average Bonchev–Trinajstić information content (AvgIpc) is 2.68. The van der Waals surface area contributed by atoms with E-state index < -0.39 is 0 Å². The molecule has 3 nitrogen and oxygen atoms in total. The molecule has 1 aliphatic heterocycles. The van der Waals surface area contributed by atoms with Crippen LogP contribution in [0.15, 0.2) is 60.7 Å². The summed E-state index contributed by atoms with van der Waals surface area (Å²) in [6.45, 7) is 3.10. The van der Waals surface area contributed by atoms with E-state index in [0.29, 0.717) is 0 Å². The Morgan fingerprint density at radius 2 is 1.50 bits per heavy atom. The third-order valence-corrected chi connectivity index (χ3v) is 6.24. The topological polar surface area (TPSA) is 32.3 Å². The van der Waals surface area contributed by atoms with Crippen LogP contribution in [0.4, 0.5) is 0 Å². The van der Waals surface area contributed by atoms with Gasteiger partial charge in [0.15, 0.2) is 0 Å². The summed E-state index contributed by atoms with van der Waals surface area (Å²) >= 11 is 0. The zero-order valence-electron chi connectivity index (χ0n) is 15.4. The van der Waals surface area contributed by atoms with Crippen molar-refractivity contribution in [3.05, 3.63) is 71.8 Å². The van der Waals surface area contributed by atoms with E-state index >= 15 is 0 Å². The number of nitrogens with one attached hydrogen (secondary N) is 1. The van der Waals surface area contributed by atoms with Crippen LogP contribution >= 0.6 is 0 Å². The van der Waals surface area contributed by atoms with Gasteiger partial charge in [0, 0.05) is 25.2 Å². The third-order valence-electron chi connectivity index (χ3n) is 6.24. The molecule has 0 spiro atoms. The Balaban J connectivity index is 1.51. The molecule has 2 aliphatic rings. The van der Waals surface area contributed by atoms with Gasteiger partial charge in [0.05, 0.1) is 5.54 Å². The Labute approximate surface area is 156 Å². The first kappa shape index (κ1) is 17.4. The van der Waals surface area contributed by atoms with Crippen LogP contribution in [-0.4, -0.2) is 29.8 Å². The van der Waals surface area contributed by atoms with Gasteiger partial charge in [-0.3, -0.25) is 10.2 Å². The molecule has 1 aliphatic carbocycles. The highest BCUT2D eigenvalue weighted by Gasteiger charge is 2.46. The molecule has 0 unspecified atom stereocenters. The predicted octanol–water partition coefficient (Wildman–Crippen LogP) is 3.89. The number of likely N-dealkylation sites (tertiary alicyclic amines) is 1. The van der Waals surface area contributed by atoms with Crippen LogP contribution in [0.3, 0.4) is 0 Å².